The quantitative estimate of drug-likeness (QED) is 0.668. The van der Waals surface area contributed by atoms with Crippen LogP contribution in [0.3, 0.4) is 0 Å². The van der Waals surface area contributed by atoms with Gasteiger partial charge in [0.05, 0.1) is 18.3 Å². The van der Waals surface area contributed by atoms with Gasteiger partial charge in [-0.3, -0.25) is 0 Å². The Balaban J connectivity index is 2.21. The summed E-state index contributed by atoms with van der Waals surface area (Å²) in [7, 11) is 0. The van der Waals surface area contributed by atoms with E-state index in [4.69, 9.17) is 5.26 Å². The van der Waals surface area contributed by atoms with Crippen molar-refractivity contribution in [3.8, 4) is 6.07 Å². The lowest BCUT2D eigenvalue weighted by molar-refractivity contribution is 0.129. The fourth-order valence-corrected chi connectivity index (χ4v) is 1.72. The highest BCUT2D eigenvalue weighted by atomic mass is 16.3. The van der Waals surface area contributed by atoms with Gasteiger partial charge in [-0.25, -0.2) is 4.68 Å². The molecular formula is C8H10N4O. The first-order valence-corrected chi connectivity index (χ1v) is 4.31. The molecule has 0 amide bonds. The van der Waals surface area contributed by atoms with Gasteiger partial charge in [0.1, 0.15) is 6.07 Å². The second-order valence-corrected chi connectivity index (χ2v) is 3.26. The first kappa shape index (κ1) is 8.20. The fraction of sp³-hybridized carbons (Fsp3) is 0.625. The highest BCUT2D eigenvalue weighted by molar-refractivity contribution is 5.13. The van der Waals surface area contributed by atoms with Crippen molar-refractivity contribution in [3.63, 3.8) is 0 Å². The molecule has 2 unspecified atom stereocenters. The molecule has 0 bridgehead atoms. The maximum absolute atomic E-state index is 9.55. The minimum atomic E-state index is -0.340. The third kappa shape index (κ3) is 1.40. The Kier molecular flexibility index (Phi) is 1.99. The predicted molar refractivity (Wildman–Crippen MR) is 43.6 cm³/mol. The van der Waals surface area contributed by atoms with E-state index in [1.54, 1.807) is 10.9 Å². The van der Waals surface area contributed by atoms with E-state index < -0.39 is 0 Å². The predicted octanol–water partition coefficient (Wildman–Crippen LogP) is 0.236. The van der Waals surface area contributed by atoms with Crippen molar-refractivity contribution in [2.45, 2.75) is 31.4 Å². The summed E-state index contributed by atoms with van der Waals surface area (Å²) in [5, 5.41) is 25.5. The first-order chi connectivity index (χ1) is 6.31. The van der Waals surface area contributed by atoms with E-state index in [0.717, 1.165) is 19.3 Å². The first-order valence-electron chi connectivity index (χ1n) is 4.31. The molecule has 1 N–H and O–H groups in total. The number of hydrogen-bond acceptors (Lipinski definition) is 4. The van der Waals surface area contributed by atoms with Crippen LogP contribution in [0.25, 0.3) is 0 Å². The summed E-state index contributed by atoms with van der Waals surface area (Å²) in [6.45, 7) is 0. The fourth-order valence-electron chi connectivity index (χ4n) is 1.72. The summed E-state index contributed by atoms with van der Waals surface area (Å²) in [5.74, 6) is 0. The van der Waals surface area contributed by atoms with Crippen molar-refractivity contribution in [1.29, 1.82) is 5.26 Å². The van der Waals surface area contributed by atoms with Gasteiger partial charge in [0, 0.05) is 0 Å². The summed E-state index contributed by atoms with van der Waals surface area (Å²) in [5.41, 5.74) is 0.305. The molecule has 13 heavy (non-hydrogen) atoms. The summed E-state index contributed by atoms with van der Waals surface area (Å²) >= 11 is 0. The summed E-state index contributed by atoms with van der Waals surface area (Å²) in [6.07, 6.45) is 3.97. The molecule has 1 aliphatic rings. The topological polar surface area (TPSA) is 74.7 Å². The molecule has 2 atom stereocenters. The zero-order valence-electron chi connectivity index (χ0n) is 7.09. The van der Waals surface area contributed by atoms with Crippen molar-refractivity contribution in [1.82, 2.24) is 15.0 Å². The molecule has 2 rings (SSSR count). The lowest BCUT2D eigenvalue weighted by Crippen LogP contribution is -2.18. The lowest BCUT2D eigenvalue weighted by Gasteiger charge is -2.12. The van der Waals surface area contributed by atoms with E-state index in [1.165, 1.54) is 0 Å². The van der Waals surface area contributed by atoms with Gasteiger partial charge >= 0.3 is 0 Å². The monoisotopic (exact) mass is 178 g/mol. The molecule has 0 saturated heterocycles. The van der Waals surface area contributed by atoms with Crippen LogP contribution in [-0.2, 0) is 0 Å². The van der Waals surface area contributed by atoms with E-state index in [9.17, 15) is 5.11 Å². The molecule has 0 aliphatic heterocycles. The highest BCUT2D eigenvalue weighted by Gasteiger charge is 2.27. The zero-order chi connectivity index (χ0) is 9.26. The summed E-state index contributed by atoms with van der Waals surface area (Å²) < 4.78 is 1.59. The largest absolute Gasteiger partial charge is 0.391 e. The van der Waals surface area contributed by atoms with Crippen LogP contribution in [0.2, 0.25) is 0 Å². The van der Waals surface area contributed by atoms with E-state index in [1.807, 2.05) is 6.07 Å². The summed E-state index contributed by atoms with van der Waals surface area (Å²) in [6, 6.07) is 1.92. The number of aromatic nitrogens is 3. The van der Waals surface area contributed by atoms with Crippen molar-refractivity contribution >= 4 is 0 Å². The van der Waals surface area contributed by atoms with Gasteiger partial charge in [-0.2, -0.15) is 5.26 Å². The number of rotatable bonds is 1. The second-order valence-electron chi connectivity index (χ2n) is 3.26. The molecule has 1 saturated carbocycles. The normalized spacial score (nSPS) is 27.4. The van der Waals surface area contributed by atoms with Crippen LogP contribution in [0.1, 0.15) is 31.0 Å². The van der Waals surface area contributed by atoms with Crippen molar-refractivity contribution in [2.75, 3.05) is 0 Å². The van der Waals surface area contributed by atoms with E-state index in [-0.39, 0.29) is 12.1 Å². The maximum Gasteiger partial charge on any atom is 0.182 e. The average molecular weight is 178 g/mol. The molecule has 1 aromatic rings. The zero-order valence-corrected chi connectivity index (χ0v) is 7.09. The SMILES string of the molecule is N#Cc1cn(C2CCCC2O)nn1. The van der Waals surface area contributed by atoms with Gasteiger partial charge in [-0.05, 0) is 19.3 Å². The average Bonchev–Trinajstić information content (AvgIpc) is 2.71. The molecular weight excluding hydrogens is 168 g/mol. The van der Waals surface area contributed by atoms with E-state index >= 15 is 0 Å². The van der Waals surface area contributed by atoms with E-state index in [0.29, 0.717) is 5.69 Å². The van der Waals surface area contributed by atoms with Crippen molar-refractivity contribution in [2.24, 2.45) is 0 Å². The molecule has 68 valence electrons. The van der Waals surface area contributed by atoms with Crippen molar-refractivity contribution in [3.05, 3.63) is 11.9 Å². The minimum Gasteiger partial charge on any atom is -0.391 e. The van der Waals surface area contributed by atoms with Gasteiger partial charge in [-0.15, -0.1) is 5.10 Å². The third-order valence-corrected chi connectivity index (χ3v) is 2.41. The molecule has 0 radical (unpaired) electrons. The number of aliphatic hydroxyl groups is 1. The number of hydrogen-bond donors (Lipinski definition) is 1. The second kappa shape index (κ2) is 3.15. The lowest BCUT2D eigenvalue weighted by atomic mass is 10.2. The molecule has 1 aromatic heterocycles. The van der Waals surface area contributed by atoms with Gasteiger partial charge < -0.3 is 5.11 Å². The molecule has 5 nitrogen and oxygen atoms in total. The van der Waals surface area contributed by atoms with Gasteiger partial charge in [0.25, 0.3) is 0 Å². The van der Waals surface area contributed by atoms with E-state index in [2.05, 4.69) is 10.3 Å². The number of nitrogens with zero attached hydrogens (tertiary/aromatic N) is 4. The highest BCUT2D eigenvalue weighted by Crippen LogP contribution is 2.28. The Labute approximate surface area is 75.6 Å². The van der Waals surface area contributed by atoms with Crippen LogP contribution in [0.15, 0.2) is 6.20 Å². The van der Waals surface area contributed by atoms with Crippen LogP contribution in [0.5, 0.6) is 0 Å². The number of aliphatic hydroxyl groups excluding tert-OH is 1. The van der Waals surface area contributed by atoms with Crippen LogP contribution in [0, 0.1) is 11.3 Å². The maximum atomic E-state index is 9.55. The minimum absolute atomic E-state index is 0.00889. The third-order valence-electron chi connectivity index (χ3n) is 2.41. The Morgan fingerprint density at radius 3 is 3.00 bits per heavy atom. The van der Waals surface area contributed by atoms with Gasteiger partial charge in [0.2, 0.25) is 0 Å². The smallest absolute Gasteiger partial charge is 0.182 e. The Bertz CT molecular complexity index is 340. The Hall–Kier alpha value is -1.41. The Morgan fingerprint density at radius 2 is 2.46 bits per heavy atom. The van der Waals surface area contributed by atoms with Crippen LogP contribution >= 0.6 is 0 Å². The molecule has 1 fully saturated rings. The Morgan fingerprint density at radius 1 is 1.62 bits per heavy atom. The van der Waals surface area contributed by atoms with Crippen molar-refractivity contribution < 1.29 is 5.11 Å². The number of nitriles is 1. The molecule has 0 spiro atoms. The summed E-state index contributed by atoms with van der Waals surface area (Å²) in [4.78, 5) is 0. The molecule has 5 heteroatoms. The molecule has 0 aromatic carbocycles. The molecule has 1 aliphatic carbocycles. The van der Waals surface area contributed by atoms with Crippen LogP contribution < -0.4 is 0 Å². The van der Waals surface area contributed by atoms with Crippen LogP contribution in [-0.4, -0.2) is 26.2 Å². The van der Waals surface area contributed by atoms with Gasteiger partial charge in [0.15, 0.2) is 5.69 Å². The van der Waals surface area contributed by atoms with Gasteiger partial charge in [-0.1, -0.05) is 5.21 Å². The standard InChI is InChI=1S/C8H10N4O/c9-4-6-5-12(11-10-6)7-2-1-3-8(7)13/h5,7-8,13H,1-3H2. The molecule has 1 heterocycles. The van der Waals surface area contributed by atoms with Crippen LogP contribution in [0.4, 0.5) is 0 Å².